The van der Waals surface area contributed by atoms with Crippen LogP contribution in [0.25, 0.3) is 11.3 Å². The number of aromatic carboxylic acids is 1. The van der Waals surface area contributed by atoms with Crippen molar-refractivity contribution in [1.29, 1.82) is 0 Å². The molecule has 24 heavy (non-hydrogen) atoms. The van der Waals surface area contributed by atoms with Gasteiger partial charge in [-0.1, -0.05) is 11.6 Å². The molecule has 0 saturated carbocycles. The Morgan fingerprint density at radius 2 is 2.00 bits per heavy atom. The largest absolute Gasteiger partial charge is 0.486 e. The Labute approximate surface area is 144 Å². The Bertz CT molecular complexity index is 824. The summed E-state index contributed by atoms with van der Waals surface area (Å²) in [6, 6.07) is 4.43. The maximum atomic E-state index is 13.4. The van der Waals surface area contributed by atoms with Gasteiger partial charge < -0.3 is 9.84 Å². The molecule has 0 saturated heterocycles. The van der Waals surface area contributed by atoms with Crippen molar-refractivity contribution >= 4 is 34.8 Å². The number of hydrogen-bond donors (Lipinski definition) is 1. The van der Waals surface area contributed by atoms with E-state index in [-0.39, 0.29) is 21.3 Å². The number of halogens is 4. The van der Waals surface area contributed by atoms with E-state index in [0.717, 1.165) is 6.07 Å². The van der Waals surface area contributed by atoms with Crippen LogP contribution in [0.5, 0.6) is 0 Å². The van der Waals surface area contributed by atoms with Crippen LogP contribution in [0.4, 0.5) is 13.2 Å². The lowest BCUT2D eigenvalue weighted by molar-refractivity contribution is -0.137. The summed E-state index contributed by atoms with van der Waals surface area (Å²) in [6.07, 6.45) is -3.59. The van der Waals surface area contributed by atoms with Gasteiger partial charge in [0.05, 0.1) is 34.5 Å². The standard InChI is InChI=1S/C15H9ClF3NO3S/c1-23-14(24)7-3-2-6-20-12(7)10-8(15(17,18)19)4-5-9(16)11(10)13(21)22/h2-6H,1H3,(H,21,22). The SMILES string of the molecule is COC(=S)c1cccnc1-c1c(C(F)(F)F)ccc(Cl)c1C(=O)O. The van der Waals surface area contributed by atoms with Crippen molar-refractivity contribution in [1.82, 2.24) is 4.98 Å². The lowest BCUT2D eigenvalue weighted by atomic mass is 9.94. The van der Waals surface area contributed by atoms with E-state index in [9.17, 15) is 23.1 Å². The molecule has 2 rings (SSSR count). The van der Waals surface area contributed by atoms with Crippen LogP contribution >= 0.6 is 23.8 Å². The minimum Gasteiger partial charge on any atom is -0.486 e. The molecule has 1 aromatic heterocycles. The number of pyridine rings is 1. The van der Waals surface area contributed by atoms with Crippen molar-refractivity contribution in [2.24, 2.45) is 0 Å². The Hall–Kier alpha value is -2.19. The van der Waals surface area contributed by atoms with E-state index in [2.05, 4.69) is 4.98 Å². The van der Waals surface area contributed by atoms with E-state index in [1.807, 2.05) is 0 Å². The van der Waals surface area contributed by atoms with Crippen LogP contribution in [0, 0.1) is 0 Å². The molecule has 0 aliphatic carbocycles. The van der Waals surface area contributed by atoms with Gasteiger partial charge in [-0.3, -0.25) is 4.98 Å². The van der Waals surface area contributed by atoms with Gasteiger partial charge in [-0.25, -0.2) is 4.79 Å². The zero-order chi connectivity index (χ0) is 18.1. The Morgan fingerprint density at radius 3 is 2.54 bits per heavy atom. The summed E-state index contributed by atoms with van der Waals surface area (Å²) in [5.41, 5.74) is -2.74. The number of carboxylic acid groups (broad SMARTS) is 1. The number of thiocarbonyl (C=S) groups is 1. The molecule has 2 aromatic rings. The van der Waals surface area contributed by atoms with Gasteiger partial charge >= 0.3 is 12.1 Å². The van der Waals surface area contributed by atoms with Crippen LogP contribution in [-0.2, 0) is 10.9 Å². The van der Waals surface area contributed by atoms with Crippen LogP contribution in [-0.4, -0.2) is 28.2 Å². The molecule has 0 radical (unpaired) electrons. The maximum Gasteiger partial charge on any atom is 0.417 e. The van der Waals surface area contributed by atoms with E-state index in [0.29, 0.717) is 6.07 Å². The number of nitrogens with zero attached hydrogens (tertiary/aromatic N) is 1. The van der Waals surface area contributed by atoms with Crippen molar-refractivity contribution in [3.63, 3.8) is 0 Å². The van der Waals surface area contributed by atoms with E-state index in [1.54, 1.807) is 0 Å². The summed E-state index contributed by atoms with van der Waals surface area (Å²) in [6.45, 7) is 0. The van der Waals surface area contributed by atoms with E-state index in [1.165, 1.54) is 25.4 Å². The first-order valence-corrected chi connectivity index (χ1v) is 7.13. The fourth-order valence-corrected chi connectivity index (χ4v) is 2.55. The first kappa shape index (κ1) is 18.2. The van der Waals surface area contributed by atoms with Gasteiger partial charge in [-0.15, -0.1) is 0 Å². The lowest BCUT2D eigenvalue weighted by Crippen LogP contribution is -2.14. The second-order valence-electron chi connectivity index (χ2n) is 4.54. The topological polar surface area (TPSA) is 59.4 Å². The Balaban J connectivity index is 2.95. The Kier molecular flexibility index (Phi) is 5.10. The number of benzene rings is 1. The summed E-state index contributed by atoms with van der Waals surface area (Å²) in [5.74, 6) is -1.61. The first-order chi connectivity index (χ1) is 11.2. The molecule has 0 atom stereocenters. The van der Waals surface area contributed by atoms with Crippen LogP contribution in [0.15, 0.2) is 30.5 Å². The van der Waals surface area contributed by atoms with E-state index in [4.69, 9.17) is 28.6 Å². The van der Waals surface area contributed by atoms with Gasteiger partial charge in [0.15, 0.2) is 5.05 Å². The molecule has 0 amide bonds. The van der Waals surface area contributed by atoms with E-state index < -0.39 is 28.8 Å². The molecule has 0 aliphatic rings. The third-order valence-corrected chi connectivity index (χ3v) is 3.83. The summed E-state index contributed by atoms with van der Waals surface area (Å²) in [5, 5.41) is 8.88. The van der Waals surface area contributed by atoms with Gasteiger partial charge in [0.2, 0.25) is 0 Å². The molecule has 1 aromatic carbocycles. The second-order valence-corrected chi connectivity index (χ2v) is 5.32. The minimum absolute atomic E-state index is 0.0604. The first-order valence-electron chi connectivity index (χ1n) is 6.35. The summed E-state index contributed by atoms with van der Waals surface area (Å²) < 4.78 is 45.1. The average Bonchev–Trinajstić information content (AvgIpc) is 2.52. The molecule has 0 aliphatic heterocycles. The molecule has 9 heteroatoms. The quantitative estimate of drug-likeness (QED) is 0.804. The van der Waals surface area contributed by atoms with Crippen molar-refractivity contribution in [3.05, 3.63) is 52.2 Å². The monoisotopic (exact) mass is 375 g/mol. The number of rotatable bonds is 3. The molecule has 1 N–H and O–H groups in total. The smallest absolute Gasteiger partial charge is 0.417 e. The molecule has 0 bridgehead atoms. The fraction of sp³-hybridized carbons (Fsp3) is 0.133. The van der Waals surface area contributed by atoms with Gasteiger partial charge in [0, 0.05) is 11.8 Å². The minimum atomic E-state index is -4.81. The predicted molar refractivity (Wildman–Crippen MR) is 85.4 cm³/mol. The summed E-state index contributed by atoms with van der Waals surface area (Å²) >= 11 is 10.8. The van der Waals surface area contributed by atoms with Gasteiger partial charge in [0.25, 0.3) is 0 Å². The fourth-order valence-electron chi connectivity index (χ4n) is 2.15. The molecule has 4 nitrogen and oxygen atoms in total. The van der Waals surface area contributed by atoms with Crippen LogP contribution in [0.1, 0.15) is 21.5 Å². The van der Waals surface area contributed by atoms with E-state index >= 15 is 0 Å². The van der Waals surface area contributed by atoms with Gasteiger partial charge in [0.1, 0.15) is 0 Å². The molecule has 0 spiro atoms. The van der Waals surface area contributed by atoms with Crippen LogP contribution in [0.2, 0.25) is 5.02 Å². The zero-order valence-electron chi connectivity index (χ0n) is 12.0. The molecular formula is C15H9ClF3NO3S. The number of carbonyl (C=O) groups is 1. The van der Waals surface area contributed by atoms with Gasteiger partial charge in [-0.2, -0.15) is 13.2 Å². The molecule has 0 unspecified atom stereocenters. The number of alkyl halides is 3. The molecule has 126 valence electrons. The zero-order valence-corrected chi connectivity index (χ0v) is 13.6. The number of hydrogen-bond acceptors (Lipinski definition) is 4. The van der Waals surface area contributed by atoms with Crippen molar-refractivity contribution in [2.75, 3.05) is 7.11 Å². The van der Waals surface area contributed by atoms with Gasteiger partial charge in [-0.05, 0) is 36.5 Å². The lowest BCUT2D eigenvalue weighted by Gasteiger charge is -2.18. The van der Waals surface area contributed by atoms with Crippen molar-refractivity contribution < 1.29 is 27.8 Å². The normalized spacial score (nSPS) is 11.2. The molecule has 0 fully saturated rings. The number of methoxy groups -OCH3 is 1. The van der Waals surface area contributed by atoms with Crippen molar-refractivity contribution in [2.45, 2.75) is 6.18 Å². The summed E-state index contributed by atoms with van der Waals surface area (Å²) in [7, 11) is 1.25. The molecular weight excluding hydrogens is 367 g/mol. The third kappa shape index (κ3) is 3.34. The van der Waals surface area contributed by atoms with Crippen molar-refractivity contribution in [3.8, 4) is 11.3 Å². The molecule has 1 heterocycles. The predicted octanol–water partition coefficient (Wildman–Crippen LogP) is 4.44. The Morgan fingerprint density at radius 1 is 1.33 bits per heavy atom. The van der Waals surface area contributed by atoms with Crippen LogP contribution in [0.3, 0.4) is 0 Å². The third-order valence-electron chi connectivity index (χ3n) is 3.12. The second kappa shape index (κ2) is 6.74. The van der Waals surface area contributed by atoms with Crippen LogP contribution < -0.4 is 0 Å². The maximum absolute atomic E-state index is 13.4. The average molecular weight is 376 g/mol. The summed E-state index contributed by atoms with van der Waals surface area (Å²) in [4.78, 5) is 15.4. The highest BCUT2D eigenvalue weighted by Crippen LogP contribution is 2.41. The number of carboxylic acids is 1. The number of aromatic nitrogens is 1. The number of ether oxygens (including phenoxy) is 1. The highest BCUT2D eigenvalue weighted by molar-refractivity contribution is 7.80. The highest BCUT2D eigenvalue weighted by Gasteiger charge is 2.38. The highest BCUT2D eigenvalue weighted by atomic mass is 35.5.